The Bertz CT molecular complexity index is 494. The molecule has 0 saturated heterocycles. The Hall–Kier alpha value is -0.360. The van der Waals surface area contributed by atoms with Gasteiger partial charge in [-0.05, 0) is 39.5 Å². The molecule has 1 aromatic carbocycles. The van der Waals surface area contributed by atoms with Crippen LogP contribution in [0.1, 0.15) is 33.3 Å². The minimum Gasteiger partial charge on any atom is -0.309 e. The van der Waals surface area contributed by atoms with Crippen molar-refractivity contribution in [3.63, 3.8) is 0 Å². The molecule has 0 amide bonds. The molecule has 0 aromatic heterocycles. The van der Waals surface area contributed by atoms with Crippen molar-refractivity contribution in [2.45, 2.75) is 39.9 Å². The maximum absolute atomic E-state index is 5.86. The van der Waals surface area contributed by atoms with Gasteiger partial charge in [0.1, 0.15) is 4.99 Å². The summed E-state index contributed by atoms with van der Waals surface area (Å²) in [5.41, 5.74) is 0.836. The Balaban J connectivity index is 3.12. The maximum atomic E-state index is 5.86. The summed E-state index contributed by atoms with van der Waals surface area (Å²) in [4.78, 5) is 7.31. The topological polar surface area (TPSA) is 30.9 Å². The second kappa shape index (κ2) is 8.32. The van der Waals surface area contributed by atoms with Crippen molar-refractivity contribution in [2.75, 3.05) is 7.11 Å². The summed E-state index contributed by atoms with van der Waals surface area (Å²) >= 11 is 11.1. The van der Waals surface area contributed by atoms with E-state index in [1.807, 2.05) is 58.0 Å². The monoisotopic (exact) mass is 347 g/mol. The highest BCUT2D eigenvalue weighted by molar-refractivity contribution is 8.09. The molecule has 0 aliphatic heterocycles. The zero-order valence-electron chi connectivity index (χ0n) is 13.0. The van der Waals surface area contributed by atoms with Crippen molar-refractivity contribution in [3.8, 4) is 0 Å². The van der Waals surface area contributed by atoms with Crippen LogP contribution >= 0.6 is 18.9 Å². The lowest BCUT2D eigenvalue weighted by Gasteiger charge is -2.35. The number of rotatable bonds is 7. The van der Waals surface area contributed by atoms with Crippen LogP contribution in [0.15, 0.2) is 30.3 Å². The molecule has 0 fully saturated rings. The van der Waals surface area contributed by atoms with Crippen molar-refractivity contribution >= 4 is 35.7 Å². The summed E-state index contributed by atoms with van der Waals surface area (Å²) in [7, 11) is 1.52. The SMILES string of the molecule is CON(C(=S)c1ccccc1)P(=S)(OC(C)C)OC(C)C. The van der Waals surface area contributed by atoms with Gasteiger partial charge in [-0.2, -0.15) is 4.83 Å². The molecule has 0 aliphatic carbocycles. The fourth-order valence-corrected chi connectivity index (χ4v) is 5.62. The van der Waals surface area contributed by atoms with Crippen LogP contribution in [0.3, 0.4) is 0 Å². The first-order valence-corrected chi connectivity index (χ1v) is 9.71. The van der Waals surface area contributed by atoms with Crippen LogP contribution in [0.25, 0.3) is 0 Å². The molecule has 0 atom stereocenters. The molecular weight excluding hydrogens is 325 g/mol. The summed E-state index contributed by atoms with van der Waals surface area (Å²) in [5.74, 6) is 0. The lowest BCUT2D eigenvalue weighted by Crippen LogP contribution is -2.30. The van der Waals surface area contributed by atoms with Crippen LogP contribution in [0, 0.1) is 0 Å². The van der Waals surface area contributed by atoms with E-state index in [1.54, 1.807) is 0 Å². The predicted octanol–water partition coefficient (Wildman–Crippen LogP) is 4.30. The molecule has 0 spiro atoms. The van der Waals surface area contributed by atoms with Gasteiger partial charge in [0, 0.05) is 5.56 Å². The summed E-state index contributed by atoms with van der Waals surface area (Å²) in [6.45, 7) is 4.77. The van der Waals surface area contributed by atoms with E-state index in [4.69, 9.17) is 37.9 Å². The maximum Gasteiger partial charge on any atom is 0.315 e. The predicted molar refractivity (Wildman–Crippen MR) is 93.7 cm³/mol. The van der Waals surface area contributed by atoms with E-state index >= 15 is 0 Å². The van der Waals surface area contributed by atoms with Gasteiger partial charge >= 0.3 is 6.64 Å². The van der Waals surface area contributed by atoms with Crippen LogP contribution in [-0.4, -0.2) is 29.1 Å². The molecule has 0 saturated carbocycles. The smallest absolute Gasteiger partial charge is 0.309 e. The average molecular weight is 347 g/mol. The lowest BCUT2D eigenvalue weighted by atomic mass is 10.2. The standard InChI is InChI=1S/C14H22NO3PS2/c1-11(2)17-19(21,18-12(3)4)15(16-5)14(20)13-9-7-6-8-10-13/h6-12H,1-5H3. The Morgan fingerprint density at radius 2 is 1.52 bits per heavy atom. The summed E-state index contributed by atoms with van der Waals surface area (Å²) in [6.07, 6.45) is -0.184. The van der Waals surface area contributed by atoms with Crippen molar-refractivity contribution in [2.24, 2.45) is 0 Å². The third-order valence-electron chi connectivity index (χ3n) is 2.28. The van der Waals surface area contributed by atoms with Gasteiger partial charge < -0.3 is 9.05 Å². The van der Waals surface area contributed by atoms with Gasteiger partial charge in [0.05, 0.1) is 19.3 Å². The van der Waals surface area contributed by atoms with E-state index in [0.29, 0.717) is 4.99 Å². The molecule has 21 heavy (non-hydrogen) atoms. The molecule has 118 valence electrons. The first kappa shape index (κ1) is 18.7. The minimum absolute atomic E-state index is 0.0918. The van der Waals surface area contributed by atoms with Gasteiger partial charge in [-0.3, -0.25) is 4.84 Å². The van der Waals surface area contributed by atoms with Gasteiger partial charge in [-0.25, -0.2) is 0 Å². The lowest BCUT2D eigenvalue weighted by molar-refractivity contribution is -0.0153. The molecule has 7 heteroatoms. The average Bonchev–Trinajstić information content (AvgIpc) is 2.38. The van der Waals surface area contributed by atoms with Crippen LogP contribution in [0.2, 0.25) is 0 Å². The molecule has 0 aliphatic rings. The van der Waals surface area contributed by atoms with E-state index < -0.39 is 6.64 Å². The van der Waals surface area contributed by atoms with Crippen LogP contribution in [-0.2, 0) is 25.7 Å². The van der Waals surface area contributed by atoms with E-state index in [-0.39, 0.29) is 12.2 Å². The van der Waals surface area contributed by atoms with E-state index in [0.717, 1.165) is 5.56 Å². The van der Waals surface area contributed by atoms with Crippen molar-refractivity contribution in [3.05, 3.63) is 35.9 Å². The van der Waals surface area contributed by atoms with Crippen LogP contribution in [0.5, 0.6) is 0 Å². The fraction of sp³-hybridized carbons (Fsp3) is 0.500. The van der Waals surface area contributed by atoms with Gasteiger partial charge in [0.15, 0.2) is 0 Å². The number of benzene rings is 1. The molecule has 0 unspecified atom stereocenters. The van der Waals surface area contributed by atoms with Gasteiger partial charge in [-0.1, -0.05) is 42.5 Å². The zero-order chi connectivity index (χ0) is 16.0. The first-order chi connectivity index (χ1) is 9.80. The largest absolute Gasteiger partial charge is 0.315 e. The van der Waals surface area contributed by atoms with E-state index in [9.17, 15) is 0 Å². The molecule has 1 aromatic rings. The first-order valence-electron chi connectivity index (χ1n) is 6.71. The van der Waals surface area contributed by atoms with E-state index in [1.165, 1.54) is 11.9 Å². The molecule has 1 rings (SSSR count). The highest BCUT2D eigenvalue weighted by Gasteiger charge is 2.34. The van der Waals surface area contributed by atoms with E-state index in [2.05, 4.69) is 0 Å². The Labute approximate surface area is 137 Å². The van der Waals surface area contributed by atoms with Gasteiger partial charge in [-0.15, -0.1) is 0 Å². The molecule has 0 bridgehead atoms. The third kappa shape index (κ3) is 5.40. The van der Waals surface area contributed by atoms with Gasteiger partial charge in [0.2, 0.25) is 0 Å². The molecule has 4 nitrogen and oxygen atoms in total. The molecule has 0 N–H and O–H groups in total. The second-order valence-corrected chi connectivity index (χ2v) is 8.40. The Kier molecular flexibility index (Phi) is 7.40. The Morgan fingerprint density at radius 3 is 1.90 bits per heavy atom. The summed E-state index contributed by atoms with van der Waals surface area (Å²) in [6, 6.07) is 9.54. The number of thiocarbonyl (C=S) groups is 1. The number of nitrogens with zero attached hydrogens (tertiary/aromatic N) is 1. The number of hydrogen-bond acceptors (Lipinski definition) is 5. The van der Waals surface area contributed by atoms with Crippen molar-refractivity contribution in [1.29, 1.82) is 0 Å². The second-order valence-electron chi connectivity index (χ2n) is 4.90. The van der Waals surface area contributed by atoms with Gasteiger partial charge in [0.25, 0.3) is 0 Å². The molecule has 0 heterocycles. The molecular formula is C14H22NO3PS2. The summed E-state index contributed by atoms with van der Waals surface area (Å²) in [5, 5.41) is 0. The zero-order valence-corrected chi connectivity index (χ0v) is 15.5. The quantitative estimate of drug-likeness (QED) is 0.415. The minimum atomic E-state index is -2.86. The van der Waals surface area contributed by atoms with Crippen molar-refractivity contribution < 1.29 is 13.9 Å². The van der Waals surface area contributed by atoms with Crippen LogP contribution in [0.4, 0.5) is 0 Å². The van der Waals surface area contributed by atoms with Crippen molar-refractivity contribution in [1.82, 2.24) is 4.83 Å². The highest BCUT2D eigenvalue weighted by Crippen LogP contribution is 2.55. The summed E-state index contributed by atoms with van der Waals surface area (Å²) < 4.78 is 11.7. The molecule has 0 radical (unpaired) electrons. The van der Waals surface area contributed by atoms with Crippen LogP contribution < -0.4 is 0 Å². The number of hydroxylamine groups is 1. The number of hydrogen-bond donors (Lipinski definition) is 0. The Morgan fingerprint density at radius 1 is 1.05 bits per heavy atom. The fourth-order valence-electron chi connectivity index (χ4n) is 1.63. The highest BCUT2D eigenvalue weighted by atomic mass is 32.5. The normalized spacial score (nSPS) is 12.0. The third-order valence-corrected chi connectivity index (χ3v) is 5.96.